The lowest BCUT2D eigenvalue weighted by Gasteiger charge is -2.34. The van der Waals surface area contributed by atoms with Gasteiger partial charge in [0.2, 0.25) is 0 Å². The highest BCUT2D eigenvalue weighted by Crippen LogP contribution is 2.39. The van der Waals surface area contributed by atoms with Gasteiger partial charge in [0.15, 0.2) is 0 Å². The maximum Gasteiger partial charge on any atom is 0.303 e. The fourth-order valence-corrected chi connectivity index (χ4v) is 3.25. The minimum atomic E-state index is -0.693. The Hall–Kier alpha value is -0.0500. The Morgan fingerprint density at radius 2 is 1.60 bits per heavy atom. The van der Waals surface area contributed by atoms with Crippen LogP contribution in [-0.2, 0) is 4.79 Å². The summed E-state index contributed by atoms with van der Waals surface area (Å²) in [6, 6.07) is 0. The van der Waals surface area contributed by atoms with Gasteiger partial charge in [-0.2, -0.15) is 0 Å². The van der Waals surface area contributed by atoms with Gasteiger partial charge in [0.25, 0.3) is 0 Å². The molecule has 0 atom stereocenters. The van der Waals surface area contributed by atoms with Crippen molar-refractivity contribution in [2.45, 2.75) is 53.4 Å². The second-order valence-corrected chi connectivity index (χ2v) is 6.63. The molecule has 0 aliphatic carbocycles. The van der Waals surface area contributed by atoms with Crippen molar-refractivity contribution in [3.63, 3.8) is 0 Å². The molecule has 15 heavy (non-hydrogen) atoms. The number of carbonyl (C=O) groups is 1. The smallest absolute Gasteiger partial charge is 0.303 e. The lowest BCUT2D eigenvalue weighted by Crippen LogP contribution is -2.24. The molecular formula is C12H23BrO2. The van der Waals surface area contributed by atoms with Gasteiger partial charge >= 0.3 is 5.97 Å². The Labute approximate surface area is 102 Å². The molecule has 0 aliphatic rings. The number of rotatable bonds is 7. The number of aliphatic carboxylic acids is 1. The molecule has 90 valence electrons. The zero-order valence-corrected chi connectivity index (χ0v) is 11.9. The molecule has 0 heterocycles. The summed E-state index contributed by atoms with van der Waals surface area (Å²) in [4.78, 5) is 10.5. The molecule has 0 aromatic heterocycles. The average molecular weight is 279 g/mol. The van der Waals surface area contributed by atoms with E-state index in [4.69, 9.17) is 5.11 Å². The van der Waals surface area contributed by atoms with Gasteiger partial charge in [0.05, 0.1) is 0 Å². The quantitative estimate of drug-likeness (QED) is 0.713. The maximum absolute atomic E-state index is 10.5. The zero-order valence-electron chi connectivity index (χ0n) is 10.3. The fourth-order valence-electron chi connectivity index (χ4n) is 2.17. The largest absolute Gasteiger partial charge is 0.481 e. The first-order valence-corrected chi connectivity index (χ1v) is 6.58. The predicted molar refractivity (Wildman–Crippen MR) is 67.5 cm³/mol. The molecule has 0 saturated heterocycles. The molecule has 0 saturated carbocycles. The average Bonchev–Trinajstić information content (AvgIpc) is 1.98. The van der Waals surface area contributed by atoms with E-state index in [1.807, 2.05) is 0 Å². The van der Waals surface area contributed by atoms with Crippen LogP contribution in [-0.4, -0.2) is 16.4 Å². The van der Waals surface area contributed by atoms with E-state index in [1.54, 1.807) is 0 Å². The van der Waals surface area contributed by atoms with Crippen molar-refractivity contribution in [2.75, 3.05) is 5.33 Å². The second-order valence-electron chi connectivity index (χ2n) is 5.84. The molecule has 0 amide bonds. The first kappa shape index (κ1) is 14.9. The van der Waals surface area contributed by atoms with Crippen molar-refractivity contribution in [2.24, 2.45) is 10.8 Å². The molecule has 0 bridgehead atoms. The van der Waals surface area contributed by atoms with Gasteiger partial charge in [0.1, 0.15) is 0 Å². The first-order chi connectivity index (χ1) is 6.68. The van der Waals surface area contributed by atoms with Crippen LogP contribution in [0.4, 0.5) is 0 Å². The molecule has 0 fully saturated rings. The maximum atomic E-state index is 10.5. The van der Waals surface area contributed by atoms with Crippen LogP contribution in [0.15, 0.2) is 0 Å². The van der Waals surface area contributed by atoms with Gasteiger partial charge in [-0.25, -0.2) is 0 Å². The Balaban J connectivity index is 4.16. The molecule has 0 aromatic carbocycles. The topological polar surface area (TPSA) is 37.3 Å². The van der Waals surface area contributed by atoms with E-state index in [9.17, 15) is 4.79 Å². The van der Waals surface area contributed by atoms with Crippen molar-refractivity contribution < 1.29 is 9.90 Å². The van der Waals surface area contributed by atoms with Crippen molar-refractivity contribution in [3.05, 3.63) is 0 Å². The van der Waals surface area contributed by atoms with Gasteiger partial charge < -0.3 is 5.11 Å². The minimum absolute atomic E-state index is 0.115. The van der Waals surface area contributed by atoms with Crippen molar-refractivity contribution in [1.82, 2.24) is 0 Å². The van der Waals surface area contributed by atoms with E-state index >= 15 is 0 Å². The van der Waals surface area contributed by atoms with Crippen LogP contribution in [0.1, 0.15) is 53.4 Å². The summed E-state index contributed by atoms with van der Waals surface area (Å²) in [7, 11) is 0. The van der Waals surface area contributed by atoms with E-state index in [0.29, 0.717) is 0 Å². The Bertz CT molecular complexity index is 210. The van der Waals surface area contributed by atoms with Crippen LogP contribution in [0.25, 0.3) is 0 Å². The Morgan fingerprint density at radius 1 is 1.13 bits per heavy atom. The Morgan fingerprint density at radius 3 is 2.00 bits per heavy atom. The van der Waals surface area contributed by atoms with Gasteiger partial charge in [0, 0.05) is 11.8 Å². The standard InChI is InChI=1S/C12H23BrO2/c1-11(2,6-5-10(14)15)9-12(3,4)7-8-13/h5-9H2,1-4H3,(H,14,15). The van der Waals surface area contributed by atoms with E-state index in [0.717, 1.165) is 24.6 Å². The van der Waals surface area contributed by atoms with E-state index in [-0.39, 0.29) is 17.3 Å². The molecule has 0 radical (unpaired) electrons. The fraction of sp³-hybridized carbons (Fsp3) is 0.917. The molecule has 2 nitrogen and oxygen atoms in total. The summed E-state index contributed by atoms with van der Waals surface area (Å²) in [6.45, 7) is 8.81. The highest BCUT2D eigenvalue weighted by molar-refractivity contribution is 9.09. The molecule has 0 aliphatic heterocycles. The molecule has 0 spiro atoms. The normalized spacial score (nSPS) is 12.9. The van der Waals surface area contributed by atoms with E-state index < -0.39 is 5.97 Å². The highest BCUT2D eigenvalue weighted by Gasteiger charge is 2.28. The molecule has 0 unspecified atom stereocenters. The highest BCUT2D eigenvalue weighted by atomic mass is 79.9. The number of alkyl halides is 1. The van der Waals surface area contributed by atoms with E-state index in [2.05, 4.69) is 43.6 Å². The monoisotopic (exact) mass is 278 g/mol. The third kappa shape index (κ3) is 7.83. The summed E-state index contributed by atoms with van der Waals surface area (Å²) < 4.78 is 0. The molecule has 1 N–H and O–H groups in total. The third-order valence-electron chi connectivity index (χ3n) is 2.74. The summed E-state index contributed by atoms with van der Waals surface area (Å²) in [5, 5.41) is 9.68. The summed E-state index contributed by atoms with van der Waals surface area (Å²) in [6.07, 6.45) is 3.23. The van der Waals surface area contributed by atoms with Crippen LogP contribution in [0.3, 0.4) is 0 Å². The SMILES string of the molecule is CC(C)(CCBr)CC(C)(C)CCC(=O)O. The molecule has 0 aromatic rings. The van der Waals surface area contributed by atoms with Crippen LogP contribution in [0, 0.1) is 10.8 Å². The first-order valence-electron chi connectivity index (χ1n) is 5.46. The summed E-state index contributed by atoms with van der Waals surface area (Å²) in [5.74, 6) is -0.693. The second kappa shape index (κ2) is 5.88. The summed E-state index contributed by atoms with van der Waals surface area (Å²) in [5.41, 5.74) is 0.398. The van der Waals surface area contributed by atoms with Gasteiger partial charge in [-0.05, 0) is 30.1 Å². The van der Waals surface area contributed by atoms with Gasteiger partial charge in [-0.15, -0.1) is 0 Å². The number of carboxylic acids is 1. The molecular weight excluding hydrogens is 256 g/mol. The number of hydrogen-bond donors (Lipinski definition) is 1. The minimum Gasteiger partial charge on any atom is -0.481 e. The number of hydrogen-bond acceptors (Lipinski definition) is 1. The molecule has 3 heteroatoms. The third-order valence-corrected chi connectivity index (χ3v) is 3.14. The number of carboxylic acid groups (broad SMARTS) is 1. The van der Waals surface area contributed by atoms with Gasteiger partial charge in [-0.1, -0.05) is 43.6 Å². The van der Waals surface area contributed by atoms with E-state index in [1.165, 1.54) is 0 Å². The van der Waals surface area contributed by atoms with Crippen molar-refractivity contribution in [3.8, 4) is 0 Å². The zero-order chi connectivity index (χ0) is 12.1. The van der Waals surface area contributed by atoms with Crippen molar-refractivity contribution in [1.29, 1.82) is 0 Å². The lowest BCUT2D eigenvalue weighted by atomic mass is 9.72. The summed E-state index contributed by atoms with van der Waals surface area (Å²) >= 11 is 3.46. The lowest BCUT2D eigenvalue weighted by molar-refractivity contribution is -0.137. The van der Waals surface area contributed by atoms with Crippen molar-refractivity contribution >= 4 is 21.9 Å². The van der Waals surface area contributed by atoms with Crippen LogP contribution >= 0.6 is 15.9 Å². The molecule has 0 rings (SSSR count). The van der Waals surface area contributed by atoms with Crippen LogP contribution in [0.2, 0.25) is 0 Å². The van der Waals surface area contributed by atoms with Crippen LogP contribution in [0.5, 0.6) is 0 Å². The predicted octanol–water partition coefficient (Wildman–Crippen LogP) is 4.08. The van der Waals surface area contributed by atoms with Crippen LogP contribution < -0.4 is 0 Å². The van der Waals surface area contributed by atoms with Gasteiger partial charge in [-0.3, -0.25) is 4.79 Å². The number of halogens is 1. The Kier molecular flexibility index (Phi) is 5.86.